The summed E-state index contributed by atoms with van der Waals surface area (Å²) >= 11 is 0. The molecule has 0 radical (unpaired) electrons. The average Bonchev–Trinajstić information content (AvgIpc) is 3.06. The van der Waals surface area contributed by atoms with Gasteiger partial charge >= 0.3 is 7.12 Å². The number of aryl methyl sites for hydroxylation is 2. The third-order valence-electron chi connectivity index (χ3n) is 7.74. The molecular formula is C27H30BNO5. The molecule has 2 fully saturated rings. The summed E-state index contributed by atoms with van der Waals surface area (Å²) in [7, 11) is -1.13. The fourth-order valence-electron chi connectivity index (χ4n) is 6.12. The Morgan fingerprint density at radius 3 is 2.29 bits per heavy atom. The molecule has 34 heavy (non-hydrogen) atoms. The monoisotopic (exact) mass is 459 g/mol. The lowest BCUT2D eigenvalue weighted by molar-refractivity contribution is -0.123. The minimum atomic E-state index is -1.13. The number of imide groups is 1. The molecule has 2 amide bonds. The normalized spacial score (nSPS) is 26.9. The number of rotatable bonds is 3. The Labute approximate surface area is 200 Å². The quantitative estimate of drug-likeness (QED) is 0.529. The summed E-state index contributed by atoms with van der Waals surface area (Å²) in [6.07, 6.45) is 0.516. The number of para-hydroxylation sites is 1. The Bertz CT molecular complexity index is 1170. The van der Waals surface area contributed by atoms with Gasteiger partial charge in [0.25, 0.3) is 0 Å². The maximum Gasteiger partial charge on any atom is 0.487 e. The molecule has 0 spiro atoms. The van der Waals surface area contributed by atoms with Gasteiger partial charge in [-0.05, 0) is 85.0 Å². The molecule has 176 valence electrons. The number of phenols is 1. The van der Waals surface area contributed by atoms with Gasteiger partial charge in [0.2, 0.25) is 11.8 Å². The van der Waals surface area contributed by atoms with Gasteiger partial charge in [-0.3, -0.25) is 14.5 Å². The van der Waals surface area contributed by atoms with Gasteiger partial charge in [0.15, 0.2) is 0 Å². The van der Waals surface area contributed by atoms with Crippen LogP contribution in [0.2, 0.25) is 0 Å². The Balaban J connectivity index is 1.57. The molecule has 7 heteroatoms. The van der Waals surface area contributed by atoms with E-state index >= 15 is 0 Å². The van der Waals surface area contributed by atoms with Crippen molar-refractivity contribution in [3.63, 3.8) is 0 Å². The number of amides is 2. The molecule has 0 bridgehead atoms. The number of nitrogens with zero attached hydrogens (tertiary/aromatic N) is 1. The number of allylic oxidation sites excluding steroid dienone is 2. The second-order valence-electron chi connectivity index (χ2n) is 10.1. The van der Waals surface area contributed by atoms with E-state index in [1.807, 2.05) is 44.2 Å². The van der Waals surface area contributed by atoms with Crippen molar-refractivity contribution < 1.29 is 24.4 Å². The number of hydrogen-bond donors (Lipinski definition) is 2. The van der Waals surface area contributed by atoms with E-state index in [1.54, 1.807) is 12.1 Å². The minimum absolute atomic E-state index is 0.125. The lowest BCUT2D eigenvalue weighted by Crippen LogP contribution is -2.45. The number of phenolic OH excluding ortho intramolecular Hbond substituents is 1. The molecule has 2 N–H and O–H groups in total. The van der Waals surface area contributed by atoms with Gasteiger partial charge in [-0.25, -0.2) is 0 Å². The molecule has 2 aliphatic heterocycles. The molecule has 1 aliphatic carbocycles. The van der Waals surface area contributed by atoms with E-state index in [0.717, 1.165) is 27.7 Å². The topological polar surface area (TPSA) is 87.1 Å². The predicted molar refractivity (Wildman–Crippen MR) is 130 cm³/mol. The van der Waals surface area contributed by atoms with Gasteiger partial charge in [-0.2, -0.15) is 0 Å². The van der Waals surface area contributed by atoms with Gasteiger partial charge in [0.1, 0.15) is 5.75 Å². The number of carbonyl (C=O) groups excluding carboxylic acids is 2. The number of anilines is 1. The highest BCUT2D eigenvalue weighted by molar-refractivity contribution is 6.53. The zero-order valence-corrected chi connectivity index (χ0v) is 20.0. The van der Waals surface area contributed by atoms with Crippen LogP contribution in [0, 0.1) is 37.5 Å². The molecule has 5 rings (SSSR count). The van der Waals surface area contributed by atoms with Crippen LogP contribution in [0.3, 0.4) is 0 Å². The maximum absolute atomic E-state index is 13.7. The summed E-state index contributed by atoms with van der Waals surface area (Å²) in [6.45, 7) is 7.78. The fraction of sp³-hybridized carbons (Fsp3) is 0.407. The van der Waals surface area contributed by atoms with Crippen molar-refractivity contribution in [1.29, 1.82) is 0 Å². The predicted octanol–water partition coefficient (Wildman–Crippen LogP) is 4.27. The fourth-order valence-corrected chi connectivity index (χ4v) is 6.12. The second-order valence-corrected chi connectivity index (χ2v) is 10.1. The van der Waals surface area contributed by atoms with Crippen molar-refractivity contribution in [3.05, 3.63) is 70.2 Å². The number of carbonyl (C=O) groups is 2. The summed E-state index contributed by atoms with van der Waals surface area (Å²) in [4.78, 5) is 28.6. The Morgan fingerprint density at radius 1 is 1.03 bits per heavy atom. The zero-order chi connectivity index (χ0) is 24.3. The van der Waals surface area contributed by atoms with Crippen molar-refractivity contribution in [3.8, 4) is 5.75 Å². The van der Waals surface area contributed by atoms with Crippen molar-refractivity contribution in [2.24, 2.45) is 23.7 Å². The number of fused-ring (bicyclic) bond motifs is 3. The molecule has 2 heterocycles. The SMILES string of the molecule is Cc1cc([C@@H]2C[C@@H]3C(=C(C(C)C)C[C@@H]4C(=O)N(c5ccccc5)C(=O)[C@@H]43)B(O)O2)cc(C)c1O. The Hall–Kier alpha value is -2.90. The van der Waals surface area contributed by atoms with Crippen LogP contribution in [-0.2, 0) is 14.2 Å². The van der Waals surface area contributed by atoms with Crippen LogP contribution in [0.1, 0.15) is 49.5 Å². The molecule has 4 atom stereocenters. The van der Waals surface area contributed by atoms with Crippen LogP contribution >= 0.6 is 0 Å². The Kier molecular flexibility index (Phi) is 5.65. The van der Waals surface area contributed by atoms with Crippen molar-refractivity contribution in [2.45, 2.75) is 46.6 Å². The molecule has 3 aliphatic rings. The standard InChI is InChI=1S/C27H30BNO5/c1-14(2)19-12-21-23(27(32)29(26(21)31)18-8-6-5-7-9-18)20-13-22(34-28(33)24(19)20)17-10-15(3)25(30)16(4)11-17/h5-11,14,20-23,30,33H,12-13H2,1-4H3/t20-,21-,22-,23+/m0/s1. The molecule has 2 saturated heterocycles. The number of benzene rings is 2. The van der Waals surface area contributed by atoms with Gasteiger partial charge in [-0.15, -0.1) is 0 Å². The first-order valence-electron chi connectivity index (χ1n) is 12.0. The minimum Gasteiger partial charge on any atom is -0.507 e. The highest BCUT2D eigenvalue weighted by Crippen LogP contribution is 2.53. The molecular weight excluding hydrogens is 429 g/mol. The van der Waals surface area contributed by atoms with Crippen LogP contribution in [-0.4, -0.2) is 29.1 Å². The van der Waals surface area contributed by atoms with E-state index < -0.39 is 25.1 Å². The second kappa shape index (κ2) is 8.40. The molecule has 0 aromatic heterocycles. The smallest absolute Gasteiger partial charge is 0.487 e. The van der Waals surface area contributed by atoms with Gasteiger partial charge < -0.3 is 14.8 Å². The van der Waals surface area contributed by atoms with Crippen LogP contribution < -0.4 is 4.90 Å². The van der Waals surface area contributed by atoms with Gasteiger partial charge in [-0.1, -0.05) is 37.6 Å². The largest absolute Gasteiger partial charge is 0.507 e. The van der Waals surface area contributed by atoms with Crippen LogP contribution in [0.4, 0.5) is 5.69 Å². The molecule has 0 unspecified atom stereocenters. The van der Waals surface area contributed by atoms with Gasteiger partial charge in [0.05, 0.1) is 23.6 Å². The van der Waals surface area contributed by atoms with Crippen LogP contribution in [0.5, 0.6) is 5.75 Å². The third-order valence-corrected chi connectivity index (χ3v) is 7.74. The lowest BCUT2D eigenvalue weighted by atomic mass is 9.54. The third kappa shape index (κ3) is 3.49. The summed E-state index contributed by atoms with van der Waals surface area (Å²) in [6, 6.07) is 12.8. The first kappa shape index (κ1) is 22.9. The highest BCUT2D eigenvalue weighted by atomic mass is 16.5. The first-order valence-corrected chi connectivity index (χ1v) is 12.0. The highest BCUT2D eigenvalue weighted by Gasteiger charge is 2.58. The summed E-state index contributed by atoms with van der Waals surface area (Å²) in [5, 5.41) is 21.4. The number of hydrogen-bond acceptors (Lipinski definition) is 5. The Morgan fingerprint density at radius 2 is 1.68 bits per heavy atom. The van der Waals surface area contributed by atoms with Crippen molar-refractivity contribution in [1.82, 2.24) is 0 Å². The summed E-state index contributed by atoms with van der Waals surface area (Å²) < 4.78 is 6.10. The average molecular weight is 459 g/mol. The van der Waals surface area contributed by atoms with Crippen LogP contribution in [0.25, 0.3) is 0 Å². The molecule has 6 nitrogen and oxygen atoms in total. The summed E-state index contributed by atoms with van der Waals surface area (Å²) in [5.74, 6) is -1.23. The van der Waals surface area contributed by atoms with E-state index in [0.29, 0.717) is 18.5 Å². The number of aromatic hydroxyl groups is 1. The maximum atomic E-state index is 13.7. The zero-order valence-electron chi connectivity index (χ0n) is 20.0. The van der Waals surface area contributed by atoms with E-state index in [2.05, 4.69) is 13.8 Å². The van der Waals surface area contributed by atoms with E-state index in [9.17, 15) is 19.7 Å². The van der Waals surface area contributed by atoms with E-state index in [4.69, 9.17) is 4.65 Å². The molecule has 2 aromatic carbocycles. The van der Waals surface area contributed by atoms with Crippen molar-refractivity contribution >= 4 is 24.6 Å². The molecule has 2 aromatic rings. The molecule has 0 saturated carbocycles. The van der Waals surface area contributed by atoms with Crippen LogP contribution in [0.15, 0.2) is 53.5 Å². The van der Waals surface area contributed by atoms with Gasteiger partial charge in [0, 0.05) is 0 Å². The summed E-state index contributed by atoms with van der Waals surface area (Å²) in [5.41, 5.74) is 4.72. The lowest BCUT2D eigenvalue weighted by Gasteiger charge is -2.43. The van der Waals surface area contributed by atoms with E-state index in [-0.39, 0.29) is 29.4 Å². The van der Waals surface area contributed by atoms with E-state index in [1.165, 1.54) is 4.90 Å². The van der Waals surface area contributed by atoms with Crippen molar-refractivity contribution in [2.75, 3.05) is 4.90 Å². The first-order chi connectivity index (χ1) is 16.2.